The summed E-state index contributed by atoms with van der Waals surface area (Å²) in [4.78, 5) is 12.2. The van der Waals surface area contributed by atoms with Crippen LogP contribution in [0.25, 0.3) is 11.0 Å². The largest absolute Gasteiger partial charge is 0.360 e. The summed E-state index contributed by atoms with van der Waals surface area (Å²) >= 11 is 1.12. The summed E-state index contributed by atoms with van der Waals surface area (Å²) in [5, 5.41) is 6.62. The van der Waals surface area contributed by atoms with Crippen molar-refractivity contribution in [2.75, 3.05) is 5.32 Å². The number of benzene rings is 1. The molecule has 20 heavy (non-hydrogen) atoms. The van der Waals surface area contributed by atoms with E-state index in [2.05, 4.69) is 19.2 Å². The minimum atomic E-state index is -0.291. The quantitative estimate of drug-likeness (QED) is 0.800. The fourth-order valence-electron chi connectivity index (χ4n) is 2.05. The van der Waals surface area contributed by atoms with Crippen LogP contribution in [0, 0.1) is 0 Å². The van der Waals surface area contributed by atoms with E-state index in [0.717, 1.165) is 35.8 Å². The van der Waals surface area contributed by atoms with Gasteiger partial charge in [0.25, 0.3) is 5.91 Å². The molecular weight excluding hydrogens is 276 g/mol. The molecule has 1 amide bonds. The molecule has 0 spiro atoms. The monoisotopic (exact) mass is 286 g/mol. The molecule has 2 aromatic heterocycles. The summed E-state index contributed by atoms with van der Waals surface area (Å²) in [5.74, 6) is 0.944. The van der Waals surface area contributed by atoms with Gasteiger partial charge in [-0.3, -0.25) is 4.79 Å². The number of fused-ring (bicyclic) bond motifs is 1. The summed E-state index contributed by atoms with van der Waals surface area (Å²) in [6.07, 6.45) is 2.22. The summed E-state index contributed by atoms with van der Waals surface area (Å²) in [5.41, 5.74) is 2.40. The van der Waals surface area contributed by atoms with Crippen molar-refractivity contribution in [3.05, 3.63) is 35.7 Å². The first kappa shape index (κ1) is 11.5. The predicted molar refractivity (Wildman–Crippen MR) is 73.8 cm³/mol. The van der Waals surface area contributed by atoms with Crippen molar-refractivity contribution < 1.29 is 9.32 Å². The van der Waals surface area contributed by atoms with E-state index in [1.54, 1.807) is 12.1 Å². The van der Waals surface area contributed by atoms with Crippen LogP contribution in [0.1, 0.15) is 35.0 Å². The first-order valence-corrected chi connectivity index (χ1v) is 7.03. The third-order valence-corrected chi connectivity index (χ3v) is 3.82. The number of nitrogens with one attached hydrogen (secondary N) is 1. The van der Waals surface area contributed by atoms with E-state index in [4.69, 9.17) is 4.52 Å². The maximum absolute atomic E-state index is 12.2. The van der Waals surface area contributed by atoms with E-state index in [0.29, 0.717) is 22.8 Å². The fourth-order valence-corrected chi connectivity index (χ4v) is 2.60. The minimum absolute atomic E-state index is 0.291. The topological polar surface area (TPSA) is 80.9 Å². The Morgan fingerprint density at radius 1 is 1.35 bits per heavy atom. The van der Waals surface area contributed by atoms with E-state index < -0.39 is 0 Å². The third-order valence-electron chi connectivity index (χ3n) is 3.27. The highest BCUT2D eigenvalue weighted by atomic mass is 32.1. The van der Waals surface area contributed by atoms with Gasteiger partial charge in [0.05, 0.1) is 17.4 Å². The standard InChI is InChI=1S/C13H10N4O2S/c18-13(10-6-11(19-15-10)7-4-5-7)14-8-2-1-3-9-12(8)17-20-16-9/h1-3,6-7H,4-5H2,(H,14,18). The van der Waals surface area contributed by atoms with Crippen molar-refractivity contribution in [3.8, 4) is 0 Å². The van der Waals surface area contributed by atoms with Crippen molar-refractivity contribution in [2.45, 2.75) is 18.8 Å². The Kier molecular flexibility index (Phi) is 2.53. The molecule has 3 aromatic rings. The molecule has 0 unspecified atom stereocenters. The van der Waals surface area contributed by atoms with Crippen LogP contribution in [0.2, 0.25) is 0 Å². The molecule has 4 rings (SSSR count). The highest BCUT2D eigenvalue weighted by Gasteiger charge is 2.29. The van der Waals surface area contributed by atoms with Gasteiger partial charge in [-0.05, 0) is 25.0 Å². The van der Waals surface area contributed by atoms with Gasteiger partial charge >= 0.3 is 0 Å². The van der Waals surface area contributed by atoms with Gasteiger partial charge in [-0.25, -0.2) is 0 Å². The minimum Gasteiger partial charge on any atom is -0.360 e. The van der Waals surface area contributed by atoms with Gasteiger partial charge in [-0.1, -0.05) is 11.2 Å². The normalized spacial score (nSPS) is 14.6. The van der Waals surface area contributed by atoms with E-state index in [1.807, 2.05) is 12.1 Å². The van der Waals surface area contributed by atoms with Crippen molar-refractivity contribution >= 4 is 34.4 Å². The molecule has 1 aromatic carbocycles. The zero-order valence-electron chi connectivity index (χ0n) is 10.4. The number of rotatable bonds is 3. The highest BCUT2D eigenvalue weighted by Crippen LogP contribution is 2.40. The van der Waals surface area contributed by atoms with E-state index in [1.165, 1.54) is 0 Å². The summed E-state index contributed by atoms with van der Waals surface area (Å²) in [6, 6.07) is 7.20. The number of carbonyl (C=O) groups excluding carboxylic acids is 1. The molecular formula is C13H10N4O2S. The van der Waals surface area contributed by atoms with E-state index in [9.17, 15) is 4.79 Å². The first-order valence-electron chi connectivity index (χ1n) is 6.30. The number of aromatic nitrogens is 3. The van der Waals surface area contributed by atoms with Gasteiger partial charge in [0.15, 0.2) is 5.69 Å². The molecule has 0 radical (unpaired) electrons. The number of carbonyl (C=O) groups is 1. The van der Waals surface area contributed by atoms with Crippen molar-refractivity contribution in [2.24, 2.45) is 0 Å². The lowest BCUT2D eigenvalue weighted by Crippen LogP contribution is -2.12. The van der Waals surface area contributed by atoms with Gasteiger partial charge in [0.1, 0.15) is 16.8 Å². The van der Waals surface area contributed by atoms with E-state index in [-0.39, 0.29) is 5.91 Å². The van der Waals surface area contributed by atoms with Crippen LogP contribution in [0.15, 0.2) is 28.8 Å². The number of nitrogens with zero attached hydrogens (tertiary/aromatic N) is 3. The van der Waals surface area contributed by atoms with Gasteiger partial charge in [0, 0.05) is 12.0 Å². The lowest BCUT2D eigenvalue weighted by molar-refractivity contribution is 0.101. The van der Waals surface area contributed by atoms with Crippen LogP contribution in [-0.2, 0) is 0 Å². The lowest BCUT2D eigenvalue weighted by Gasteiger charge is -2.02. The smallest absolute Gasteiger partial charge is 0.277 e. The molecule has 1 fully saturated rings. The molecule has 1 aliphatic carbocycles. The Morgan fingerprint density at radius 3 is 3.10 bits per heavy atom. The van der Waals surface area contributed by atoms with Crippen LogP contribution < -0.4 is 5.32 Å². The first-order chi connectivity index (χ1) is 9.81. The molecule has 1 N–H and O–H groups in total. The number of hydrogen-bond acceptors (Lipinski definition) is 6. The third kappa shape index (κ3) is 1.96. The Labute approximate surface area is 118 Å². The van der Waals surface area contributed by atoms with Gasteiger partial charge in [-0.2, -0.15) is 8.75 Å². The average molecular weight is 286 g/mol. The molecule has 0 atom stereocenters. The molecule has 100 valence electrons. The molecule has 7 heteroatoms. The van der Waals surface area contributed by atoms with Gasteiger partial charge < -0.3 is 9.84 Å². The zero-order valence-corrected chi connectivity index (χ0v) is 11.2. The predicted octanol–water partition coefficient (Wildman–Crippen LogP) is 2.81. The Morgan fingerprint density at radius 2 is 2.25 bits per heavy atom. The summed E-state index contributed by atoms with van der Waals surface area (Å²) in [7, 11) is 0. The number of amides is 1. The summed E-state index contributed by atoms with van der Waals surface area (Å²) < 4.78 is 13.5. The molecule has 6 nitrogen and oxygen atoms in total. The fraction of sp³-hybridized carbons (Fsp3) is 0.231. The maximum Gasteiger partial charge on any atom is 0.277 e. The Balaban J connectivity index is 1.60. The van der Waals surface area contributed by atoms with Crippen LogP contribution in [0.4, 0.5) is 5.69 Å². The van der Waals surface area contributed by atoms with Crippen LogP contribution in [-0.4, -0.2) is 19.8 Å². The second-order valence-electron chi connectivity index (χ2n) is 4.78. The van der Waals surface area contributed by atoms with Gasteiger partial charge in [-0.15, -0.1) is 0 Å². The zero-order chi connectivity index (χ0) is 13.5. The average Bonchev–Trinajstić information content (AvgIpc) is 3.01. The molecule has 2 heterocycles. The number of anilines is 1. The lowest BCUT2D eigenvalue weighted by atomic mass is 10.2. The molecule has 0 saturated heterocycles. The van der Waals surface area contributed by atoms with Crippen molar-refractivity contribution in [1.29, 1.82) is 0 Å². The molecule has 1 saturated carbocycles. The SMILES string of the molecule is O=C(Nc1cccc2nsnc12)c1cc(C2CC2)on1. The second kappa shape index (κ2) is 4.38. The van der Waals surface area contributed by atoms with Gasteiger partial charge in [0.2, 0.25) is 0 Å². The molecule has 0 bridgehead atoms. The highest BCUT2D eigenvalue weighted by molar-refractivity contribution is 7.00. The van der Waals surface area contributed by atoms with Crippen LogP contribution in [0.5, 0.6) is 0 Å². The van der Waals surface area contributed by atoms with Crippen molar-refractivity contribution in [3.63, 3.8) is 0 Å². The Hall–Kier alpha value is -2.28. The summed E-state index contributed by atoms with van der Waals surface area (Å²) in [6.45, 7) is 0. The molecule has 0 aliphatic heterocycles. The maximum atomic E-state index is 12.2. The number of hydrogen-bond donors (Lipinski definition) is 1. The Bertz CT molecular complexity index is 790. The van der Waals surface area contributed by atoms with Crippen LogP contribution >= 0.6 is 11.7 Å². The van der Waals surface area contributed by atoms with Crippen LogP contribution in [0.3, 0.4) is 0 Å². The van der Waals surface area contributed by atoms with Crippen molar-refractivity contribution in [1.82, 2.24) is 13.9 Å². The molecule has 1 aliphatic rings. The second-order valence-corrected chi connectivity index (χ2v) is 5.31. The van der Waals surface area contributed by atoms with E-state index >= 15 is 0 Å².